The van der Waals surface area contributed by atoms with Gasteiger partial charge in [-0.1, -0.05) is 71.6 Å². The van der Waals surface area contributed by atoms with E-state index in [1.165, 1.54) is 57.3 Å². The number of allylic oxidation sites excluding steroid dienone is 4. The van der Waals surface area contributed by atoms with Crippen molar-refractivity contribution in [3.63, 3.8) is 0 Å². The molecule has 0 heterocycles. The van der Waals surface area contributed by atoms with Crippen LogP contribution < -0.4 is 24.8 Å². The van der Waals surface area contributed by atoms with Gasteiger partial charge in [-0.3, -0.25) is 6.08 Å². The summed E-state index contributed by atoms with van der Waals surface area (Å²) in [6.07, 6.45) is 13.9. The summed E-state index contributed by atoms with van der Waals surface area (Å²) in [4.78, 5) is 0. The summed E-state index contributed by atoms with van der Waals surface area (Å²) in [7, 11) is 0. The molecule has 1 saturated carbocycles. The van der Waals surface area contributed by atoms with Gasteiger partial charge in [0.2, 0.25) is 0 Å². The molecule has 5 rings (SSSR count). The number of halogens is 2. The molecular weight excluding hydrogens is 534 g/mol. The molecule has 2 aromatic rings. The Labute approximate surface area is 235 Å². The third-order valence-electron chi connectivity index (χ3n) is 6.17. The molecule has 34 heavy (non-hydrogen) atoms. The summed E-state index contributed by atoms with van der Waals surface area (Å²) in [6, 6.07) is 10.9. The number of hydrogen-bond acceptors (Lipinski definition) is 0. The Hall–Kier alpha value is -0.747. The molecule has 182 valence electrons. The van der Waals surface area contributed by atoms with Crippen LogP contribution in [0.4, 0.5) is 0 Å². The fraction of sp³-hybridized carbons (Fsp3) is 0.452. The molecular formula is C31H38Cl2Zr-2. The molecule has 1 fully saturated rings. The van der Waals surface area contributed by atoms with E-state index < -0.39 is 0 Å². The zero-order valence-electron chi connectivity index (χ0n) is 22.0. The van der Waals surface area contributed by atoms with Crippen molar-refractivity contribution in [2.24, 2.45) is 0 Å². The van der Waals surface area contributed by atoms with Crippen molar-refractivity contribution < 1.29 is 49.0 Å². The van der Waals surface area contributed by atoms with Crippen LogP contribution in [0.5, 0.6) is 0 Å². The van der Waals surface area contributed by atoms with E-state index in [9.17, 15) is 0 Å². The molecule has 3 aliphatic carbocycles. The molecule has 0 unspecified atom stereocenters. The summed E-state index contributed by atoms with van der Waals surface area (Å²) in [5.74, 6) is 0. The van der Waals surface area contributed by atoms with E-state index in [4.69, 9.17) is 0 Å². The van der Waals surface area contributed by atoms with Gasteiger partial charge in [0.15, 0.2) is 0 Å². The van der Waals surface area contributed by atoms with Crippen molar-refractivity contribution in [2.45, 2.75) is 91.9 Å². The van der Waals surface area contributed by atoms with Crippen molar-refractivity contribution in [1.82, 2.24) is 0 Å². The standard InChI is InChI=1S/C23H29.C5H5.C3H4.2ClH.Zr/c1-14-9-16-11-17-10-15(2)21(23(6,7)8)13-19(17)18(16)12-20(14)22(3,4)5;1-2-4-5-3-1;1-2-3-1;;;/h9,12-13H,11H2,1-8H3;1-3H,4H2;1-2H2;2*1H;/q2*-1;;;;+2/p-2. The van der Waals surface area contributed by atoms with Gasteiger partial charge in [0.05, 0.1) is 0 Å². The maximum atomic E-state index is 3.69. The molecule has 0 aliphatic heterocycles. The quantitative estimate of drug-likeness (QED) is 0.362. The topological polar surface area (TPSA) is 0 Å². The molecule has 0 N–H and O–H groups in total. The van der Waals surface area contributed by atoms with Gasteiger partial charge in [-0.15, -0.1) is 23.1 Å². The number of fused-ring (bicyclic) bond motifs is 3. The van der Waals surface area contributed by atoms with Crippen LogP contribution in [0.25, 0.3) is 11.1 Å². The van der Waals surface area contributed by atoms with Crippen LogP contribution >= 0.6 is 0 Å². The molecule has 0 atom stereocenters. The Morgan fingerprint density at radius 2 is 1.38 bits per heavy atom. The van der Waals surface area contributed by atoms with E-state index in [2.05, 4.69) is 91.8 Å². The number of benzene rings is 2. The van der Waals surface area contributed by atoms with Crippen LogP contribution in [-0.4, -0.2) is 3.21 Å². The number of hydrogen-bond donors (Lipinski definition) is 0. The fourth-order valence-corrected chi connectivity index (χ4v) is 4.73. The van der Waals surface area contributed by atoms with E-state index in [1.54, 1.807) is 27.4 Å². The van der Waals surface area contributed by atoms with Crippen molar-refractivity contribution in [1.29, 1.82) is 0 Å². The van der Waals surface area contributed by atoms with E-state index in [0.717, 1.165) is 12.8 Å². The van der Waals surface area contributed by atoms with Crippen LogP contribution in [-0.2, 0) is 41.5 Å². The molecule has 0 bridgehead atoms. The van der Waals surface area contributed by atoms with Gasteiger partial charge in [0.25, 0.3) is 0 Å². The molecule has 0 aromatic heterocycles. The molecule has 3 heteroatoms. The first-order chi connectivity index (χ1) is 14.9. The second kappa shape index (κ2) is 12.5. The first kappa shape index (κ1) is 31.3. The van der Waals surface area contributed by atoms with Crippen LogP contribution in [0.1, 0.15) is 94.2 Å². The molecule has 0 radical (unpaired) electrons. The normalized spacial score (nSPS) is 14.6. The number of rotatable bonds is 0. The third kappa shape index (κ3) is 8.15. The van der Waals surface area contributed by atoms with Crippen LogP contribution in [0.15, 0.2) is 36.4 Å². The number of aryl methyl sites for hydroxylation is 2. The van der Waals surface area contributed by atoms with Crippen molar-refractivity contribution in [3.8, 4) is 11.1 Å². The molecule has 0 spiro atoms. The van der Waals surface area contributed by atoms with Gasteiger partial charge >= 0.3 is 40.3 Å². The first-order valence-corrected chi connectivity index (χ1v) is 13.1. The van der Waals surface area contributed by atoms with Gasteiger partial charge in [-0.2, -0.15) is 23.8 Å². The first-order valence-electron chi connectivity index (χ1n) is 11.9. The Morgan fingerprint density at radius 1 is 0.824 bits per heavy atom. The molecule has 0 nitrogen and oxygen atoms in total. The van der Waals surface area contributed by atoms with Gasteiger partial charge in [-0.05, 0) is 35.4 Å². The fourth-order valence-electron chi connectivity index (χ4n) is 4.43. The predicted octanol–water partition coefficient (Wildman–Crippen LogP) is 2.08. The van der Waals surface area contributed by atoms with Crippen LogP contribution in [0.3, 0.4) is 0 Å². The van der Waals surface area contributed by atoms with Crippen molar-refractivity contribution in [2.75, 3.05) is 0 Å². The van der Waals surface area contributed by atoms with E-state index >= 15 is 0 Å². The average Bonchev–Trinajstić information content (AvgIpc) is 3.14. The maximum absolute atomic E-state index is 3.69. The van der Waals surface area contributed by atoms with Crippen LogP contribution in [0, 0.1) is 26.0 Å². The van der Waals surface area contributed by atoms with E-state index in [1.807, 2.05) is 12.2 Å². The van der Waals surface area contributed by atoms with Gasteiger partial charge in [0.1, 0.15) is 0 Å². The minimum atomic E-state index is 0. The molecule has 0 saturated heterocycles. The second-order valence-electron chi connectivity index (χ2n) is 11.3. The van der Waals surface area contributed by atoms with E-state index in [0.29, 0.717) is 0 Å². The van der Waals surface area contributed by atoms with Gasteiger partial charge < -0.3 is 24.8 Å². The SMILES string of the molecule is Cc1[c-]c2c(cc1C(C)(C)C)-c1cc(C(C)(C)C)c(C)cc1C2.[C-]1=CC=CC1.[Cl-].[Cl-].[Zr+2]=[C]1CC1. The zero-order chi connectivity index (χ0) is 23.7. The summed E-state index contributed by atoms with van der Waals surface area (Å²) in [5, 5.41) is 0. The summed E-state index contributed by atoms with van der Waals surface area (Å²) in [6.45, 7) is 18.2. The Morgan fingerprint density at radius 3 is 1.79 bits per heavy atom. The second-order valence-corrected chi connectivity index (χ2v) is 13.0. The third-order valence-corrected chi connectivity index (χ3v) is 7.39. The minimum absolute atomic E-state index is 0. The zero-order valence-corrected chi connectivity index (χ0v) is 26.0. The monoisotopic (exact) mass is 570 g/mol. The average molecular weight is 573 g/mol. The Balaban J connectivity index is 0.000000438. The van der Waals surface area contributed by atoms with E-state index in [-0.39, 0.29) is 35.6 Å². The summed E-state index contributed by atoms with van der Waals surface area (Å²) in [5.41, 5.74) is 11.6. The van der Waals surface area contributed by atoms with Gasteiger partial charge in [0, 0.05) is 0 Å². The molecule has 0 amide bonds. The van der Waals surface area contributed by atoms with Gasteiger partial charge in [-0.25, -0.2) is 12.2 Å². The Bertz CT molecular complexity index is 993. The summed E-state index contributed by atoms with van der Waals surface area (Å²) >= 11 is 1.66. The Kier molecular flexibility index (Phi) is 11.5. The summed E-state index contributed by atoms with van der Waals surface area (Å²) < 4.78 is 1.76. The van der Waals surface area contributed by atoms with Crippen molar-refractivity contribution >= 4 is 3.21 Å². The molecule has 3 aliphatic rings. The predicted molar refractivity (Wildman–Crippen MR) is 136 cm³/mol. The van der Waals surface area contributed by atoms with Crippen molar-refractivity contribution in [3.05, 3.63) is 82.0 Å². The molecule has 2 aromatic carbocycles. The van der Waals surface area contributed by atoms with Crippen LogP contribution in [0.2, 0.25) is 0 Å².